The highest BCUT2D eigenvalue weighted by Crippen LogP contribution is 2.35. The van der Waals surface area contributed by atoms with Gasteiger partial charge in [0.05, 0.1) is 0 Å². The van der Waals surface area contributed by atoms with E-state index in [4.69, 9.17) is 0 Å². The van der Waals surface area contributed by atoms with E-state index >= 15 is 0 Å². The monoisotopic (exact) mass is 551 g/mol. The van der Waals surface area contributed by atoms with Crippen LogP contribution in [0, 0.1) is 0 Å². The largest absolute Gasteiger partial charge is 0.265 e. The van der Waals surface area contributed by atoms with Crippen molar-refractivity contribution in [1.82, 2.24) is 4.98 Å². The lowest BCUT2D eigenvalue weighted by Crippen LogP contribution is -1.91. The van der Waals surface area contributed by atoms with Crippen LogP contribution in [-0.2, 0) is 0 Å². The number of hydrogen-bond donors (Lipinski definition) is 0. The zero-order valence-corrected chi connectivity index (χ0v) is 24.3. The molecule has 0 bridgehead atoms. The van der Waals surface area contributed by atoms with E-state index in [2.05, 4.69) is 163 Å². The Bertz CT molecular complexity index is 2020. The van der Waals surface area contributed by atoms with Gasteiger partial charge in [-0.05, 0) is 103 Å². The van der Waals surface area contributed by atoms with Gasteiger partial charge < -0.3 is 0 Å². The normalized spacial score (nSPS) is 17.8. The maximum Gasteiger partial charge on any atom is 0.0273 e. The van der Waals surface area contributed by atoms with E-state index in [0.29, 0.717) is 0 Å². The van der Waals surface area contributed by atoms with Crippen molar-refractivity contribution < 1.29 is 0 Å². The molecule has 6 rings (SSSR count). The van der Waals surface area contributed by atoms with E-state index in [1.807, 2.05) is 25.4 Å². The number of hydrogen-bond acceptors (Lipinski definition) is 1. The molecule has 0 saturated carbocycles. The Morgan fingerprint density at radius 2 is 1.23 bits per heavy atom. The maximum absolute atomic E-state index is 4.24. The van der Waals surface area contributed by atoms with Gasteiger partial charge in [-0.15, -0.1) is 0 Å². The van der Waals surface area contributed by atoms with Gasteiger partial charge in [-0.3, -0.25) is 4.98 Å². The van der Waals surface area contributed by atoms with Crippen LogP contribution < -0.4 is 0 Å². The van der Waals surface area contributed by atoms with Gasteiger partial charge in [0.2, 0.25) is 0 Å². The Balaban J connectivity index is 1.56. The van der Waals surface area contributed by atoms with Crippen LogP contribution in [0.3, 0.4) is 0 Å². The van der Waals surface area contributed by atoms with Gasteiger partial charge in [0.15, 0.2) is 0 Å². The van der Waals surface area contributed by atoms with Gasteiger partial charge in [0.1, 0.15) is 0 Å². The van der Waals surface area contributed by atoms with Gasteiger partial charge in [0, 0.05) is 12.4 Å². The molecule has 4 aromatic carbocycles. The number of pyridine rings is 1. The summed E-state index contributed by atoms with van der Waals surface area (Å²) in [5, 5.41) is 5.03. The molecule has 0 fully saturated rings. The van der Waals surface area contributed by atoms with Crippen LogP contribution in [0.15, 0.2) is 165 Å². The van der Waals surface area contributed by atoms with Crippen LogP contribution in [0.5, 0.6) is 0 Å². The van der Waals surface area contributed by atoms with Crippen molar-refractivity contribution in [3.05, 3.63) is 187 Å². The van der Waals surface area contributed by atoms with E-state index in [0.717, 1.165) is 33.4 Å². The van der Waals surface area contributed by atoms with Gasteiger partial charge in [-0.1, -0.05) is 134 Å². The Kier molecular flexibility index (Phi) is 8.34. The smallest absolute Gasteiger partial charge is 0.0273 e. The highest BCUT2D eigenvalue weighted by molar-refractivity contribution is 6.14. The van der Waals surface area contributed by atoms with E-state index in [1.165, 1.54) is 32.7 Å². The molecule has 0 N–H and O–H groups in total. The van der Waals surface area contributed by atoms with Crippen molar-refractivity contribution >= 4 is 44.8 Å². The lowest BCUT2D eigenvalue weighted by Gasteiger charge is -2.13. The number of rotatable bonds is 5. The van der Waals surface area contributed by atoms with Crippen LogP contribution >= 0.6 is 0 Å². The van der Waals surface area contributed by atoms with Crippen molar-refractivity contribution in [3.63, 3.8) is 0 Å². The van der Waals surface area contributed by atoms with Gasteiger partial charge in [-0.25, -0.2) is 0 Å². The first-order valence-corrected chi connectivity index (χ1v) is 14.6. The van der Waals surface area contributed by atoms with Crippen LogP contribution in [0.1, 0.15) is 29.2 Å². The first-order chi connectivity index (χ1) is 21.3. The molecule has 0 unspecified atom stereocenters. The van der Waals surface area contributed by atoms with Crippen LogP contribution in [0.2, 0.25) is 0 Å². The first-order valence-electron chi connectivity index (χ1n) is 14.6. The van der Waals surface area contributed by atoms with Crippen molar-refractivity contribution in [1.29, 1.82) is 0 Å². The first kappa shape index (κ1) is 27.6. The molecule has 1 aromatic heterocycles. The summed E-state index contributed by atoms with van der Waals surface area (Å²) in [6.07, 6.45) is 31.3. The lowest BCUT2D eigenvalue weighted by atomic mass is 9.90. The molecule has 0 atom stereocenters. The summed E-state index contributed by atoms with van der Waals surface area (Å²) in [4.78, 5) is 4.24. The molecule has 1 aliphatic rings. The molecule has 43 heavy (non-hydrogen) atoms. The molecule has 0 radical (unpaired) electrons. The van der Waals surface area contributed by atoms with Gasteiger partial charge >= 0.3 is 0 Å². The summed E-state index contributed by atoms with van der Waals surface area (Å²) >= 11 is 0. The standard InChI is InChI=1S/C42H33N/c1-3-14-31(15-4-2)34-28-35(30-36(29-34)33-24-26-43-27-25-33)32-16-7-5-6-8-18-37-38-19-9-10-20-39(38)40-21-11-12-22-41(40)42(37)23-13-17-32/h3-30H,1H2,2H3/b6-5-,7-5?,8-6?,15-4-,16-7-,17-13?,18-8-,23-13+,31-14+,32-16?,32-17-,37-18?,42-23?. The Morgan fingerprint density at radius 1 is 0.628 bits per heavy atom. The molecular formula is C42H33N. The third-order valence-electron chi connectivity index (χ3n) is 7.68. The highest BCUT2D eigenvalue weighted by atomic mass is 14.6. The number of fused-ring (bicyclic) bond motifs is 6. The minimum Gasteiger partial charge on any atom is -0.265 e. The van der Waals surface area contributed by atoms with Crippen molar-refractivity contribution in [2.75, 3.05) is 0 Å². The average Bonchev–Trinajstić information content (AvgIpc) is 3.05. The summed E-state index contributed by atoms with van der Waals surface area (Å²) < 4.78 is 0. The van der Waals surface area contributed by atoms with Crippen molar-refractivity contribution in [2.45, 2.75) is 6.92 Å². The zero-order valence-electron chi connectivity index (χ0n) is 24.3. The average molecular weight is 552 g/mol. The van der Waals surface area contributed by atoms with Crippen molar-refractivity contribution in [3.8, 4) is 11.1 Å². The summed E-state index contributed by atoms with van der Waals surface area (Å²) in [7, 11) is 0. The SMILES string of the molecule is C=C/C=C(\C=C/C)c1cc(C2=C\C=C\c3c(c4ccccc4c4ccccc34)/C=C\C=C/C=C\2)cc(-c2ccncc2)c1. The number of benzene rings is 4. The minimum absolute atomic E-state index is 1.11. The second kappa shape index (κ2) is 13.0. The van der Waals surface area contributed by atoms with Crippen LogP contribution in [0.25, 0.3) is 56.0 Å². The Hall–Kier alpha value is -5.53. The molecule has 1 heteroatoms. The number of aromatic nitrogens is 1. The fraction of sp³-hybridized carbons (Fsp3) is 0.0238. The second-order valence-electron chi connectivity index (χ2n) is 10.4. The molecule has 1 nitrogen and oxygen atoms in total. The Morgan fingerprint density at radius 3 is 1.88 bits per heavy atom. The molecule has 0 aliphatic heterocycles. The molecule has 1 heterocycles. The Labute approximate surface area is 254 Å². The minimum atomic E-state index is 1.11. The molecule has 5 aromatic rings. The second-order valence-corrected chi connectivity index (χ2v) is 10.4. The van der Waals surface area contributed by atoms with Crippen LogP contribution in [0.4, 0.5) is 0 Å². The zero-order chi connectivity index (χ0) is 29.4. The lowest BCUT2D eigenvalue weighted by molar-refractivity contribution is 1.33. The predicted octanol–water partition coefficient (Wildman–Crippen LogP) is 11.4. The molecular weight excluding hydrogens is 518 g/mol. The number of allylic oxidation sites excluding steroid dienone is 13. The van der Waals surface area contributed by atoms with E-state index < -0.39 is 0 Å². The number of nitrogens with zero attached hydrogens (tertiary/aromatic N) is 1. The molecule has 206 valence electrons. The van der Waals surface area contributed by atoms with Gasteiger partial charge in [-0.2, -0.15) is 0 Å². The third kappa shape index (κ3) is 5.93. The molecule has 0 amide bonds. The molecule has 0 saturated heterocycles. The van der Waals surface area contributed by atoms with Crippen molar-refractivity contribution in [2.24, 2.45) is 0 Å². The van der Waals surface area contributed by atoms with E-state index in [1.54, 1.807) is 0 Å². The fourth-order valence-corrected chi connectivity index (χ4v) is 5.72. The topological polar surface area (TPSA) is 12.9 Å². The van der Waals surface area contributed by atoms with Gasteiger partial charge in [0.25, 0.3) is 0 Å². The summed E-state index contributed by atoms with van der Waals surface area (Å²) in [5.41, 5.74) is 9.20. The highest BCUT2D eigenvalue weighted by Gasteiger charge is 2.11. The summed E-state index contributed by atoms with van der Waals surface area (Å²) in [5.74, 6) is 0. The van der Waals surface area contributed by atoms with E-state index in [-0.39, 0.29) is 0 Å². The predicted molar refractivity (Wildman–Crippen MR) is 188 cm³/mol. The van der Waals surface area contributed by atoms with E-state index in [9.17, 15) is 0 Å². The summed E-state index contributed by atoms with van der Waals surface area (Å²) in [6.45, 7) is 6.00. The summed E-state index contributed by atoms with van der Waals surface area (Å²) in [6, 6.07) is 28.3. The molecule has 0 spiro atoms. The van der Waals surface area contributed by atoms with Crippen LogP contribution in [-0.4, -0.2) is 4.98 Å². The fourth-order valence-electron chi connectivity index (χ4n) is 5.72. The quantitative estimate of drug-likeness (QED) is 0.156. The third-order valence-corrected chi connectivity index (χ3v) is 7.68. The molecule has 1 aliphatic carbocycles. The maximum atomic E-state index is 4.24.